The molecule has 0 spiro atoms. The predicted octanol–water partition coefficient (Wildman–Crippen LogP) is 3.90. The van der Waals surface area contributed by atoms with Gasteiger partial charge in [0.05, 0.1) is 27.0 Å². The van der Waals surface area contributed by atoms with Crippen molar-refractivity contribution >= 4 is 17.5 Å². The van der Waals surface area contributed by atoms with Crippen LogP contribution in [-0.4, -0.2) is 37.8 Å². The average molecular weight is 380 g/mol. The van der Waals surface area contributed by atoms with Gasteiger partial charge in [-0.1, -0.05) is 18.2 Å². The molecular formula is C21H24N4O3. The Morgan fingerprint density at radius 2 is 1.71 bits per heavy atom. The molecule has 0 saturated carbocycles. The van der Waals surface area contributed by atoms with E-state index < -0.39 is 0 Å². The number of hydrogen-bond donors (Lipinski definition) is 2. The van der Waals surface area contributed by atoms with E-state index in [4.69, 9.17) is 14.2 Å². The molecule has 0 unspecified atom stereocenters. The zero-order valence-corrected chi connectivity index (χ0v) is 16.2. The van der Waals surface area contributed by atoms with Gasteiger partial charge < -0.3 is 24.8 Å². The number of nitrogens with zero attached hydrogens (tertiary/aromatic N) is 2. The van der Waals surface area contributed by atoms with Crippen molar-refractivity contribution in [3.8, 4) is 17.2 Å². The zero-order valence-electron chi connectivity index (χ0n) is 16.2. The van der Waals surface area contributed by atoms with Crippen LogP contribution >= 0.6 is 0 Å². The highest BCUT2D eigenvalue weighted by Crippen LogP contribution is 2.30. The van der Waals surface area contributed by atoms with Gasteiger partial charge in [-0.2, -0.15) is 4.98 Å². The van der Waals surface area contributed by atoms with Crippen LogP contribution in [0, 0.1) is 0 Å². The van der Waals surface area contributed by atoms with Gasteiger partial charge in [-0.15, -0.1) is 0 Å². The number of methoxy groups -OCH3 is 3. The fourth-order valence-corrected chi connectivity index (χ4v) is 2.77. The van der Waals surface area contributed by atoms with Gasteiger partial charge in [0, 0.05) is 18.8 Å². The van der Waals surface area contributed by atoms with Crippen molar-refractivity contribution in [3.05, 3.63) is 60.3 Å². The highest BCUT2D eigenvalue weighted by atomic mass is 16.5. The van der Waals surface area contributed by atoms with E-state index in [1.165, 1.54) is 0 Å². The largest absolute Gasteiger partial charge is 0.497 e. The summed E-state index contributed by atoms with van der Waals surface area (Å²) in [5.41, 5.74) is 1.90. The summed E-state index contributed by atoms with van der Waals surface area (Å²) in [7, 11) is 4.91. The molecule has 3 rings (SSSR count). The lowest BCUT2D eigenvalue weighted by Gasteiger charge is -2.12. The third kappa shape index (κ3) is 4.82. The Bertz CT molecular complexity index is 918. The molecule has 0 aliphatic carbocycles. The SMILES string of the molecule is COc1ccc(Nc2nccc(NCCc3ccccc3OC)n2)c(OC)c1. The Balaban J connectivity index is 1.64. The maximum absolute atomic E-state index is 5.40. The summed E-state index contributed by atoms with van der Waals surface area (Å²) in [6.07, 6.45) is 2.53. The minimum Gasteiger partial charge on any atom is -0.497 e. The molecule has 1 heterocycles. The number of ether oxygens (including phenoxy) is 3. The Labute approximate surface area is 164 Å². The number of aromatic nitrogens is 2. The van der Waals surface area contributed by atoms with Crippen LogP contribution in [-0.2, 0) is 6.42 Å². The summed E-state index contributed by atoms with van der Waals surface area (Å²) < 4.78 is 16.0. The fourth-order valence-electron chi connectivity index (χ4n) is 2.77. The van der Waals surface area contributed by atoms with Crippen LogP contribution in [0.3, 0.4) is 0 Å². The van der Waals surface area contributed by atoms with E-state index in [0.29, 0.717) is 11.7 Å². The second-order valence-corrected chi connectivity index (χ2v) is 5.95. The molecule has 1 aromatic heterocycles. The molecule has 0 aliphatic rings. The number of anilines is 3. The van der Waals surface area contributed by atoms with Gasteiger partial charge in [-0.25, -0.2) is 4.98 Å². The quantitative estimate of drug-likeness (QED) is 0.583. The van der Waals surface area contributed by atoms with Crippen LogP contribution in [0.2, 0.25) is 0 Å². The molecular weight excluding hydrogens is 356 g/mol. The van der Waals surface area contributed by atoms with E-state index in [1.807, 2.05) is 36.4 Å². The first-order chi connectivity index (χ1) is 13.7. The van der Waals surface area contributed by atoms with E-state index in [0.717, 1.165) is 41.5 Å². The second kappa shape index (κ2) is 9.45. The molecule has 3 aromatic rings. The highest BCUT2D eigenvalue weighted by Gasteiger charge is 2.08. The van der Waals surface area contributed by atoms with Crippen LogP contribution in [0.15, 0.2) is 54.7 Å². The Hall–Kier alpha value is -3.48. The fraction of sp³-hybridized carbons (Fsp3) is 0.238. The maximum atomic E-state index is 5.40. The van der Waals surface area contributed by atoms with Gasteiger partial charge in [0.25, 0.3) is 0 Å². The summed E-state index contributed by atoms with van der Waals surface area (Å²) in [4.78, 5) is 8.79. The molecule has 7 heteroatoms. The van der Waals surface area contributed by atoms with Crippen molar-refractivity contribution in [2.24, 2.45) is 0 Å². The van der Waals surface area contributed by atoms with Gasteiger partial charge in [0.15, 0.2) is 0 Å². The van der Waals surface area contributed by atoms with E-state index in [-0.39, 0.29) is 0 Å². The van der Waals surface area contributed by atoms with Crippen LogP contribution in [0.1, 0.15) is 5.56 Å². The number of rotatable bonds is 9. The van der Waals surface area contributed by atoms with Gasteiger partial charge in [0.2, 0.25) is 5.95 Å². The lowest BCUT2D eigenvalue weighted by molar-refractivity contribution is 0.395. The third-order valence-electron chi connectivity index (χ3n) is 4.20. The van der Waals surface area contributed by atoms with Crippen molar-refractivity contribution in [3.63, 3.8) is 0 Å². The molecule has 0 saturated heterocycles. The first-order valence-corrected chi connectivity index (χ1v) is 8.91. The minimum absolute atomic E-state index is 0.478. The van der Waals surface area contributed by atoms with Crippen molar-refractivity contribution in [2.75, 3.05) is 38.5 Å². The molecule has 0 amide bonds. The Morgan fingerprint density at radius 1 is 0.893 bits per heavy atom. The van der Waals surface area contributed by atoms with E-state index in [1.54, 1.807) is 33.6 Å². The monoisotopic (exact) mass is 380 g/mol. The lowest BCUT2D eigenvalue weighted by atomic mass is 10.1. The first-order valence-electron chi connectivity index (χ1n) is 8.91. The zero-order chi connectivity index (χ0) is 19.8. The Morgan fingerprint density at radius 3 is 2.50 bits per heavy atom. The van der Waals surface area contributed by atoms with Crippen LogP contribution in [0.5, 0.6) is 17.2 Å². The molecule has 2 aromatic carbocycles. The molecule has 7 nitrogen and oxygen atoms in total. The molecule has 0 radical (unpaired) electrons. The van der Waals surface area contributed by atoms with E-state index in [9.17, 15) is 0 Å². The molecule has 28 heavy (non-hydrogen) atoms. The summed E-state index contributed by atoms with van der Waals surface area (Å²) in [5, 5.41) is 6.50. The van der Waals surface area contributed by atoms with Crippen molar-refractivity contribution < 1.29 is 14.2 Å². The van der Waals surface area contributed by atoms with Gasteiger partial charge in [0.1, 0.15) is 23.1 Å². The maximum Gasteiger partial charge on any atom is 0.229 e. The number of hydrogen-bond acceptors (Lipinski definition) is 7. The average Bonchev–Trinajstić information content (AvgIpc) is 2.74. The number of benzene rings is 2. The summed E-state index contributed by atoms with van der Waals surface area (Å²) in [6.45, 7) is 0.725. The standard InChI is InChI=1S/C21H24N4O3/c1-26-16-8-9-17(19(14-16)28-3)24-21-23-13-11-20(25-21)22-12-10-15-6-4-5-7-18(15)27-2/h4-9,11,13-14H,10,12H2,1-3H3,(H2,22,23,24,25). The first kappa shape index (κ1) is 19.3. The Kier molecular flexibility index (Phi) is 6.51. The minimum atomic E-state index is 0.478. The molecule has 0 fully saturated rings. The van der Waals surface area contributed by atoms with Gasteiger partial charge in [-0.3, -0.25) is 0 Å². The lowest BCUT2D eigenvalue weighted by Crippen LogP contribution is -2.08. The predicted molar refractivity (Wildman–Crippen MR) is 110 cm³/mol. The van der Waals surface area contributed by atoms with Crippen LogP contribution in [0.4, 0.5) is 17.5 Å². The summed E-state index contributed by atoms with van der Waals surface area (Å²) >= 11 is 0. The van der Waals surface area contributed by atoms with Crippen molar-refractivity contribution in [2.45, 2.75) is 6.42 Å². The summed E-state index contributed by atoms with van der Waals surface area (Å²) in [6, 6.07) is 15.3. The topological polar surface area (TPSA) is 77.5 Å². The van der Waals surface area contributed by atoms with Gasteiger partial charge >= 0.3 is 0 Å². The smallest absolute Gasteiger partial charge is 0.229 e. The molecule has 0 atom stereocenters. The molecule has 0 bridgehead atoms. The van der Waals surface area contributed by atoms with Crippen molar-refractivity contribution in [1.82, 2.24) is 9.97 Å². The normalized spacial score (nSPS) is 10.2. The number of para-hydroxylation sites is 1. The summed E-state index contributed by atoms with van der Waals surface area (Å²) in [5.74, 6) is 3.47. The van der Waals surface area contributed by atoms with Crippen LogP contribution in [0.25, 0.3) is 0 Å². The van der Waals surface area contributed by atoms with Crippen LogP contribution < -0.4 is 24.8 Å². The second-order valence-electron chi connectivity index (χ2n) is 5.95. The molecule has 2 N–H and O–H groups in total. The third-order valence-corrected chi connectivity index (χ3v) is 4.20. The van der Waals surface area contributed by atoms with Gasteiger partial charge in [-0.05, 0) is 36.2 Å². The number of nitrogens with one attached hydrogen (secondary N) is 2. The highest BCUT2D eigenvalue weighted by molar-refractivity contribution is 5.64. The van der Waals surface area contributed by atoms with E-state index >= 15 is 0 Å². The molecule has 0 aliphatic heterocycles. The van der Waals surface area contributed by atoms with E-state index in [2.05, 4.69) is 26.7 Å². The molecule has 146 valence electrons. The van der Waals surface area contributed by atoms with Crippen molar-refractivity contribution in [1.29, 1.82) is 0 Å².